The summed E-state index contributed by atoms with van der Waals surface area (Å²) in [5.74, 6) is 1.00. The van der Waals surface area contributed by atoms with E-state index in [2.05, 4.69) is 15.0 Å². The van der Waals surface area contributed by atoms with Crippen molar-refractivity contribution in [2.45, 2.75) is 24.9 Å². The van der Waals surface area contributed by atoms with Crippen LogP contribution in [-0.2, 0) is 4.74 Å². The number of anilines is 1. The number of quaternary nitrogens is 1. The molecule has 0 saturated carbocycles. The molecule has 4 atom stereocenters. The molecule has 96 valence electrons. The third-order valence-corrected chi connectivity index (χ3v) is 3.24. The smallest absolute Gasteiger partial charge is 0.265 e. The lowest BCUT2D eigenvalue weighted by Crippen LogP contribution is -3.10. The van der Waals surface area contributed by atoms with Crippen LogP contribution < -0.4 is 10.6 Å². The molecule has 8 heteroatoms. The van der Waals surface area contributed by atoms with Gasteiger partial charge in [0, 0.05) is 0 Å². The number of hydrogen-bond donors (Lipinski definition) is 3. The van der Waals surface area contributed by atoms with Gasteiger partial charge in [0.1, 0.15) is 12.7 Å². The molecule has 0 aliphatic carbocycles. The summed E-state index contributed by atoms with van der Waals surface area (Å²) in [5, 5.41) is 16.9. The fourth-order valence-corrected chi connectivity index (χ4v) is 2.28. The minimum atomic E-state index is -0.445. The Morgan fingerprint density at radius 3 is 3.11 bits per heavy atom. The van der Waals surface area contributed by atoms with E-state index in [4.69, 9.17) is 20.7 Å². The van der Waals surface area contributed by atoms with E-state index in [1.165, 1.54) is 6.33 Å². The van der Waals surface area contributed by atoms with Gasteiger partial charge in [-0.2, -0.15) is 9.98 Å². The molecule has 1 saturated heterocycles. The number of aromatic nitrogens is 2. The predicted octanol–water partition coefficient (Wildman–Crippen LogP) is -2.55. The van der Waals surface area contributed by atoms with Gasteiger partial charge in [0.05, 0.1) is 6.61 Å². The number of aliphatic imine (C=N–C) groups is 1. The molecule has 2 aliphatic heterocycles. The van der Waals surface area contributed by atoms with Gasteiger partial charge in [0.15, 0.2) is 30.1 Å². The molecule has 3 rings (SSSR count). The Kier molecular flexibility index (Phi) is 2.71. The number of fused-ring (bicyclic) bond motifs is 1. The number of aliphatic hydroxyl groups is 1. The Hall–Kier alpha value is -1.61. The Morgan fingerprint density at radius 2 is 2.39 bits per heavy atom. The zero-order valence-corrected chi connectivity index (χ0v) is 9.58. The Bertz CT molecular complexity index is 494. The first kappa shape index (κ1) is 11.5. The molecule has 3 heterocycles. The number of hydrogen-bond acceptors (Lipinski definition) is 6. The molecule has 0 amide bonds. The van der Waals surface area contributed by atoms with E-state index in [-0.39, 0.29) is 12.8 Å². The van der Waals surface area contributed by atoms with Crippen LogP contribution in [0.3, 0.4) is 0 Å². The topological polar surface area (TPSA) is 121 Å². The lowest BCUT2D eigenvalue weighted by atomic mass is 10.2. The second-order valence-electron chi connectivity index (χ2n) is 4.36. The summed E-state index contributed by atoms with van der Waals surface area (Å²) in [6.45, 7) is -0.145. The molecule has 1 aromatic rings. The second-order valence-corrected chi connectivity index (χ2v) is 4.36. The van der Waals surface area contributed by atoms with Gasteiger partial charge in [-0.1, -0.05) is 0 Å². The van der Waals surface area contributed by atoms with E-state index in [0.29, 0.717) is 23.7 Å². The summed E-state index contributed by atoms with van der Waals surface area (Å²) in [7, 11) is 0. The van der Waals surface area contributed by atoms with Crippen LogP contribution in [0.15, 0.2) is 11.3 Å². The number of nitrogen functional groups attached to an aromatic ring is 1. The predicted molar refractivity (Wildman–Crippen MR) is 63.0 cm³/mol. The third-order valence-electron chi connectivity index (χ3n) is 3.24. The summed E-state index contributed by atoms with van der Waals surface area (Å²) in [6.07, 6.45) is 2.44. The first-order chi connectivity index (χ1) is 8.70. The number of nitrogens with two attached hydrogens (primary N) is 1. The Balaban J connectivity index is 1.86. The Morgan fingerprint density at radius 1 is 1.56 bits per heavy atom. The lowest BCUT2D eigenvalue weighted by Gasteiger charge is -2.15. The number of aliphatic hydroxyl groups excluding tert-OH is 1. The van der Waals surface area contributed by atoms with Crippen LogP contribution in [0.4, 0.5) is 17.3 Å². The van der Waals surface area contributed by atoms with Gasteiger partial charge < -0.3 is 20.7 Å². The average molecular weight is 253 g/mol. The fraction of sp³-hybridized carbons (Fsp3) is 0.500. The van der Waals surface area contributed by atoms with Crippen LogP contribution >= 0.6 is 0 Å². The average Bonchev–Trinajstić information content (AvgIpc) is 2.93. The Labute approximate surface area is 103 Å². The van der Waals surface area contributed by atoms with Gasteiger partial charge in [0.2, 0.25) is 6.23 Å². The quantitative estimate of drug-likeness (QED) is 0.501. The molecule has 18 heavy (non-hydrogen) atoms. The molecular formula is C10H15N5O3+2. The standard InChI is InChI=1S/C10H13N5O3/c11-9-8-10(13-3-12-9)15(4-14-8)7-1-5(17)6(2-16)18-7/h3-7,16-17H,1-2H2,(H2,11,12,13)/p+2. The van der Waals surface area contributed by atoms with E-state index < -0.39 is 12.2 Å². The molecule has 0 radical (unpaired) electrons. The van der Waals surface area contributed by atoms with Gasteiger partial charge in [-0.3, -0.25) is 0 Å². The van der Waals surface area contributed by atoms with Gasteiger partial charge in [0.25, 0.3) is 5.82 Å². The summed E-state index contributed by atoms with van der Waals surface area (Å²) in [4.78, 5) is 13.0. The van der Waals surface area contributed by atoms with Gasteiger partial charge in [-0.25, -0.2) is 9.88 Å². The van der Waals surface area contributed by atoms with E-state index in [1.54, 1.807) is 6.34 Å². The van der Waals surface area contributed by atoms with Crippen molar-refractivity contribution in [2.75, 3.05) is 12.3 Å². The van der Waals surface area contributed by atoms with E-state index >= 15 is 0 Å². The number of nitrogens with zero attached hydrogens (tertiary/aromatic N) is 3. The lowest BCUT2D eigenvalue weighted by molar-refractivity contribution is -0.787. The van der Waals surface area contributed by atoms with Gasteiger partial charge in [-0.05, 0) is 0 Å². The monoisotopic (exact) mass is 253 g/mol. The van der Waals surface area contributed by atoms with E-state index in [9.17, 15) is 0 Å². The largest absolute Gasteiger partial charge is 0.441 e. The molecule has 1 aromatic heterocycles. The first-order valence-corrected chi connectivity index (χ1v) is 5.70. The molecular weight excluding hydrogens is 238 g/mol. The van der Waals surface area contributed by atoms with Crippen molar-refractivity contribution >= 4 is 23.7 Å². The number of rotatable bonds is 2. The molecule has 6 N–H and O–H groups in total. The fourth-order valence-electron chi connectivity index (χ4n) is 2.28. The summed E-state index contributed by atoms with van der Waals surface area (Å²) in [6, 6.07) is 0. The molecule has 8 nitrogen and oxygen atoms in total. The SMILES string of the molecule is Nc1ncnc2c1N=C[NH+]2C1CC([OH2+])C(CO)O1. The van der Waals surface area contributed by atoms with Crippen molar-refractivity contribution in [3.63, 3.8) is 0 Å². The van der Waals surface area contributed by atoms with Crippen LogP contribution in [0.1, 0.15) is 6.42 Å². The van der Waals surface area contributed by atoms with Crippen LogP contribution in [0.5, 0.6) is 0 Å². The second kappa shape index (κ2) is 4.25. The zero-order valence-electron chi connectivity index (χ0n) is 9.58. The molecule has 2 aliphatic rings. The summed E-state index contributed by atoms with van der Waals surface area (Å²) in [5.41, 5.74) is 6.28. The van der Waals surface area contributed by atoms with Crippen molar-refractivity contribution in [3.8, 4) is 0 Å². The summed E-state index contributed by atoms with van der Waals surface area (Å²) >= 11 is 0. The zero-order chi connectivity index (χ0) is 12.7. The first-order valence-electron chi connectivity index (χ1n) is 5.70. The molecule has 1 fully saturated rings. The molecule has 0 aromatic carbocycles. The highest BCUT2D eigenvalue weighted by molar-refractivity contribution is 5.76. The maximum Gasteiger partial charge on any atom is 0.265 e. The highest BCUT2D eigenvalue weighted by atomic mass is 16.5. The highest BCUT2D eigenvalue weighted by Gasteiger charge is 2.45. The third kappa shape index (κ3) is 1.66. The van der Waals surface area contributed by atoms with Crippen LogP contribution in [0, 0.1) is 0 Å². The van der Waals surface area contributed by atoms with Crippen molar-refractivity contribution in [3.05, 3.63) is 6.33 Å². The number of nitrogens with one attached hydrogen (secondary N) is 1. The van der Waals surface area contributed by atoms with Gasteiger partial charge >= 0.3 is 0 Å². The van der Waals surface area contributed by atoms with Crippen molar-refractivity contribution in [1.29, 1.82) is 0 Å². The van der Waals surface area contributed by atoms with Crippen molar-refractivity contribution in [1.82, 2.24) is 9.97 Å². The van der Waals surface area contributed by atoms with Crippen molar-refractivity contribution < 1.29 is 19.8 Å². The molecule has 0 spiro atoms. The minimum absolute atomic E-state index is 0.145. The maximum absolute atomic E-state index is 9.10. The van der Waals surface area contributed by atoms with Crippen molar-refractivity contribution in [2.24, 2.45) is 4.99 Å². The highest BCUT2D eigenvalue weighted by Crippen LogP contribution is 2.28. The normalized spacial score (nSPS) is 33.9. The maximum atomic E-state index is 9.10. The van der Waals surface area contributed by atoms with Crippen LogP contribution in [0.25, 0.3) is 0 Å². The molecule has 4 unspecified atom stereocenters. The van der Waals surface area contributed by atoms with Gasteiger partial charge in [-0.15, -0.1) is 0 Å². The van der Waals surface area contributed by atoms with E-state index in [1.807, 2.05) is 0 Å². The van der Waals surface area contributed by atoms with Crippen LogP contribution in [-0.4, -0.2) is 51.6 Å². The van der Waals surface area contributed by atoms with Crippen LogP contribution in [0.2, 0.25) is 0 Å². The van der Waals surface area contributed by atoms with E-state index in [0.717, 1.165) is 4.90 Å². The molecule has 0 bridgehead atoms. The summed E-state index contributed by atoms with van der Waals surface area (Å²) < 4.78 is 5.64. The minimum Gasteiger partial charge on any atom is -0.441 e. The number of ether oxygens (including phenoxy) is 1.